The van der Waals surface area contributed by atoms with Crippen LogP contribution in [0.15, 0.2) is 36.4 Å². The van der Waals surface area contributed by atoms with Gasteiger partial charge in [0, 0.05) is 37.3 Å². The molecule has 1 heterocycles. The average molecular weight is 385 g/mol. The minimum absolute atomic E-state index is 0.174. The number of hydrogen-bond donors (Lipinski definition) is 2. The van der Waals surface area contributed by atoms with E-state index in [-0.39, 0.29) is 24.2 Å². The lowest BCUT2D eigenvalue weighted by Gasteiger charge is -2.34. The van der Waals surface area contributed by atoms with Gasteiger partial charge in [0.2, 0.25) is 11.8 Å². The third-order valence-electron chi connectivity index (χ3n) is 4.61. The molecule has 1 aliphatic rings. The number of piperazine rings is 1. The number of hydrogen-bond acceptors (Lipinski definition) is 5. The topological polar surface area (TPSA) is 99.2 Å². The standard InChI is InChI=1S/C20H23N3O5/c1-2-28-20(27)23-10-8-22(9-11-23)19(26)13-18(25)21-15-6-7-16-14(12-15)4-3-5-17(16)24/h3-7,12,24H,2,8-11,13H2,1H3,(H,21,25). The molecule has 0 unspecified atom stereocenters. The lowest BCUT2D eigenvalue weighted by molar-refractivity contribution is -0.135. The normalized spacial score (nSPS) is 14.0. The summed E-state index contributed by atoms with van der Waals surface area (Å²) in [5.74, 6) is -0.510. The fourth-order valence-corrected chi connectivity index (χ4v) is 3.15. The van der Waals surface area contributed by atoms with Crippen molar-refractivity contribution in [1.29, 1.82) is 0 Å². The first kappa shape index (κ1) is 19.5. The number of aromatic hydroxyl groups is 1. The number of amides is 3. The van der Waals surface area contributed by atoms with E-state index in [1.54, 1.807) is 47.1 Å². The molecule has 0 atom stereocenters. The Hall–Kier alpha value is -3.29. The maximum absolute atomic E-state index is 12.4. The van der Waals surface area contributed by atoms with Crippen molar-refractivity contribution in [1.82, 2.24) is 9.80 Å². The Morgan fingerprint density at radius 1 is 1.07 bits per heavy atom. The second-order valence-corrected chi connectivity index (χ2v) is 6.50. The monoisotopic (exact) mass is 385 g/mol. The highest BCUT2D eigenvalue weighted by Crippen LogP contribution is 2.26. The van der Waals surface area contributed by atoms with Gasteiger partial charge >= 0.3 is 6.09 Å². The summed E-state index contributed by atoms with van der Waals surface area (Å²) in [5, 5.41) is 14.0. The summed E-state index contributed by atoms with van der Waals surface area (Å²) in [5.41, 5.74) is 0.558. The highest BCUT2D eigenvalue weighted by Gasteiger charge is 2.25. The number of phenolic OH excluding ortho intramolecular Hbond substituents is 1. The number of fused-ring (bicyclic) bond motifs is 1. The first-order chi connectivity index (χ1) is 13.5. The Balaban J connectivity index is 1.52. The van der Waals surface area contributed by atoms with Gasteiger partial charge in [-0.3, -0.25) is 9.59 Å². The molecule has 2 aromatic rings. The number of nitrogens with zero attached hydrogens (tertiary/aromatic N) is 2. The summed E-state index contributed by atoms with van der Waals surface area (Å²) in [4.78, 5) is 39.4. The number of ether oxygens (including phenoxy) is 1. The predicted molar refractivity (Wildman–Crippen MR) is 104 cm³/mol. The van der Waals surface area contributed by atoms with Gasteiger partial charge in [-0.2, -0.15) is 0 Å². The highest BCUT2D eigenvalue weighted by molar-refractivity contribution is 6.04. The van der Waals surface area contributed by atoms with Crippen LogP contribution in [0.3, 0.4) is 0 Å². The Morgan fingerprint density at radius 2 is 1.79 bits per heavy atom. The van der Waals surface area contributed by atoms with Crippen LogP contribution in [0, 0.1) is 0 Å². The summed E-state index contributed by atoms with van der Waals surface area (Å²) >= 11 is 0. The fourth-order valence-electron chi connectivity index (χ4n) is 3.15. The number of anilines is 1. The van der Waals surface area contributed by atoms with Crippen molar-refractivity contribution in [2.75, 3.05) is 38.1 Å². The summed E-state index contributed by atoms with van der Waals surface area (Å²) in [7, 11) is 0. The van der Waals surface area contributed by atoms with Crippen LogP contribution in [0.4, 0.5) is 10.5 Å². The van der Waals surface area contributed by atoms with E-state index in [0.717, 1.165) is 5.39 Å². The van der Waals surface area contributed by atoms with E-state index in [9.17, 15) is 19.5 Å². The summed E-state index contributed by atoms with van der Waals surface area (Å²) in [6.07, 6.45) is -0.646. The molecule has 0 aromatic heterocycles. The van der Waals surface area contributed by atoms with Gasteiger partial charge in [0.25, 0.3) is 0 Å². The van der Waals surface area contributed by atoms with Crippen molar-refractivity contribution < 1.29 is 24.2 Å². The number of benzene rings is 2. The highest BCUT2D eigenvalue weighted by atomic mass is 16.6. The molecule has 0 radical (unpaired) electrons. The van der Waals surface area contributed by atoms with Gasteiger partial charge in [0.1, 0.15) is 12.2 Å². The van der Waals surface area contributed by atoms with E-state index in [1.807, 2.05) is 6.07 Å². The molecule has 0 bridgehead atoms. The molecule has 0 saturated carbocycles. The van der Waals surface area contributed by atoms with Crippen molar-refractivity contribution in [2.45, 2.75) is 13.3 Å². The number of phenols is 1. The Bertz CT molecular complexity index is 891. The number of carbonyl (C=O) groups excluding carboxylic acids is 3. The van der Waals surface area contributed by atoms with Crippen molar-refractivity contribution in [2.24, 2.45) is 0 Å². The summed E-state index contributed by atoms with van der Waals surface area (Å²) in [6.45, 7) is 3.59. The molecule has 148 valence electrons. The summed E-state index contributed by atoms with van der Waals surface area (Å²) < 4.78 is 4.95. The molecule has 28 heavy (non-hydrogen) atoms. The third-order valence-corrected chi connectivity index (χ3v) is 4.61. The van der Waals surface area contributed by atoms with Gasteiger partial charge in [-0.15, -0.1) is 0 Å². The van der Waals surface area contributed by atoms with E-state index in [1.165, 1.54) is 0 Å². The van der Waals surface area contributed by atoms with Crippen LogP contribution in [-0.4, -0.2) is 65.6 Å². The van der Waals surface area contributed by atoms with Crippen LogP contribution in [0.5, 0.6) is 5.75 Å². The van der Waals surface area contributed by atoms with Crippen LogP contribution < -0.4 is 5.32 Å². The van der Waals surface area contributed by atoms with Gasteiger partial charge in [0.05, 0.1) is 6.61 Å². The quantitative estimate of drug-likeness (QED) is 0.786. The molecule has 2 aromatic carbocycles. The van der Waals surface area contributed by atoms with E-state index in [0.29, 0.717) is 43.9 Å². The van der Waals surface area contributed by atoms with Gasteiger partial charge in [-0.25, -0.2) is 4.79 Å². The minimum atomic E-state index is -0.405. The molecular weight excluding hydrogens is 362 g/mol. The Labute approximate surface area is 162 Å². The lowest BCUT2D eigenvalue weighted by Crippen LogP contribution is -2.51. The molecule has 1 saturated heterocycles. The van der Waals surface area contributed by atoms with Crippen molar-refractivity contribution in [3.05, 3.63) is 36.4 Å². The van der Waals surface area contributed by atoms with Gasteiger partial charge < -0.3 is 25.0 Å². The molecule has 1 aliphatic heterocycles. The molecule has 8 nitrogen and oxygen atoms in total. The van der Waals surface area contributed by atoms with Gasteiger partial charge in [0.15, 0.2) is 0 Å². The molecule has 3 amide bonds. The van der Waals surface area contributed by atoms with Crippen LogP contribution in [0.25, 0.3) is 10.8 Å². The number of rotatable bonds is 4. The maximum Gasteiger partial charge on any atom is 0.409 e. The van der Waals surface area contributed by atoms with E-state index >= 15 is 0 Å². The van der Waals surface area contributed by atoms with E-state index in [2.05, 4.69) is 5.32 Å². The molecule has 2 N–H and O–H groups in total. The second-order valence-electron chi connectivity index (χ2n) is 6.50. The largest absolute Gasteiger partial charge is 0.507 e. The number of carbonyl (C=O) groups is 3. The van der Waals surface area contributed by atoms with Crippen molar-refractivity contribution in [3.63, 3.8) is 0 Å². The van der Waals surface area contributed by atoms with Crippen LogP contribution in [0.1, 0.15) is 13.3 Å². The van der Waals surface area contributed by atoms with Crippen molar-refractivity contribution in [3.8, 4) is 5.75 Å². The summed E-state index contributed by atoms with van der Waals surface area (Å²) in [6, 6.07) is 10.3. The second kappa shape index (κ2) is 8.60. The van der Waals surface area contributed by atoms with Crippen LogP contribution in [0.2, 0.25) is 0 Å². The van der Waals surface area contributed by atoms with Gasteiger partial charge in [-0.1, -0.05) is 12.1 Å². The van der Waals surface area contributed by atoms with E-state index in [4.69, 9.17) is 4.74 Å². The zero-order chi connectivity index (χ0) is 20.1. The zero-order valence-electron chi connectivity index (χ0n) is 15.7. The van der Waals surface area contributed by atoms with Crippen LogP contribution in [-0.2, 0) is 14.3 Å². The SMILES string of the molecule is CCOC(=O)N1CCN(C(=O)CC(=O)Nc2ccc3c(O)cccc3c2)CC1. The maximum atomic E-state index is 12.4. The molecule has 1 fully saturated rings. The van der Waals surface area contributed by atoms with E-state index < -0.39 is 5.91 Å². The molecular formula is C20H23N3O5. The first-order valence-electron chi connectivity index (χ1n) is 9.19. The molecule has 3 rings (SSSR count). The van der Waals surface area contributed by atoms with Gasteiger partial charge in [-0.05, 0) is 36.6 Å². The van der Waals surface area contributed by atoms with Crippen molar-refractivity contribution >= 4 is 34.4 Å². The fraction of sp³-hybridized carbons (Fsp3) is 0.350. The average Bonchev–Trinajstić information content (AvgIpc) is 2.68. The predicted octanol–water partition coefficient (Wildman–Crippen LogP) is 2.17. The van der Waals surface area contributed by atoms with Crippen LogP contribution >= 0.6 is 0 Å². The smallest absolute Gasteiger partial charge is 0.409 e. The third kappa shape index (κ3) is 4.51. The molecule has 0 spiro atoms. The lowest BCUT2D eigenvalue weighted by atomic mass is 10.1. The first-order valence-corrected chi connectivity index (χ1v) is 9.19. The number of nitrogens with one attached hydrogen (secondary N) is 1. The Morgan fingerprint density at radius 3 is 2.50 bits per heavy atom. The zero-order valence-corrected chi connectivity index (χ0v) is 15.7. The molecule has 8 heteroatoms. The Kier molecular flexibility index (Phi) is 5.98. The molecule has 0 aliphatic carbocycles. The minimum Gasteiger partial charge on any atom is -0.507 e.